The van der Waals surface area contributed by atoms with Crippen LogP contribution in [0.3, 0.4) is 0 Å². The van der Waals surface area contributed by atoms with Crippen LogP contribution in [0.1, 0.15) is 27.2 Å². The molecule has 5 heteroatoms. The molecule has 4 nitrogen and oxygen atoms in total. The van der Waals surface area contributed by atoms with Crippen LogP contribution >= 0.6 is 12.2 Å². The second kappa shape index (κ2) is 5.85. The van der Waals surface area contributed by atoms with Crippen LogP contribution in [0, 0.1) is 6.92 Å². The van der Waals surface area contributed by atoms with Gasteiger partial charge in [-0.15, -0.1) is 0 Å². The van der Waals surface area contributed by atoms with Crippen molar-refractivity contribution in [3.8, 4) is 0 Å². The number of carboxylic acid groups (broad SMARTS) is 1. The van der Waals surface area contributed by atoms with Gasteiger partial charge in [-0.2, -0.15) is 0 Å². The third-order valence-electron chi connectivity index (χ3n) is 3.84. The van der Waals surface area contributed by atoms with Gasteiger partial charge in [-0.25, -0.2) is 4.79 Å². The molecule has 1 aliphatic rings. The van der Waals surface area contributed by atoms with Gasteiger partial charge in [0.15, 0.2) is 5.54 Å². The molecule has 1 N–H and O–H groups in total. The average molecular weight is 322 g/mol. The summed E-state index contributed by atoms with van der Waals surface area (Å²) in [4.78, 5) is 20.5. The zero-order chi connectivity index (χ0) is 16.4. The zero-order valence-electron chi connectivity index (χ0n) is 12.4. The van der Waals surface area contributed by atoms with Crippen molar-refractivity contribution >= 4 is 29.3 Å². The number of pyridine rings is 1. The second-order valence-electron chi connectivity index (χ2n) is 5.28. The Morgan fingerprint density at radius 3 is 2.57 bits per heavy atom. The molecule has 0 saturated heterocycles. The summed E-state index contributed by atoms with van der Waals surface area (Å²) in [6.07, 6.45) is 6.75. The number of allylic oxidation sites excluding steroid dienone is 1. The number of hydrogen-bond donors (Lipinski definition) is 1. The first-order valence-electron chi connectivity index (χ1n) is 7.08. The molecule has 0 fully saturated rings. The summed E-state index contributed by atoms with van der Waals surface area (Å²) >= 11 is 5.73. The van der Waals surface area contributed by atoms with Gasteiger partial charge in [0, 0.05) is 12.4 Å². The van der Waals surface area contributed by atoms with Crippen molar-refractivity contribution in [3.05, 3.63) is 77.1 Å². The topological polar surface area (TPSA) is 62.5 Å². The Hall–Kier alpha value is -2.66. The van der Waals surface area contributed by atoms with E-state index < -0.39 is 11.5 Å². The molecule has 0 radical (unpaired) electrons. The highest BCUT2D eigenvalue weighted by molar-refractivity contribution is 7.81. The molecular weight excluding hydrogens is 308 g/mol. The lowest BCUT2D eigenvalue weighted by Gasteiger charge is -2.26. The number of thiocarbonyl (C=S) groups is 1. The van der Waals surface area contributed by atoms with E-state index in [0.29, 0.717) is 10.6 Å². The molecule has 114 valence electrons. The van der Waals surface area contributed by atoms with E-state index in [-0.39, 0.29) is 5.56 Å². The Morgan fingerprint density at radius 2 is 2.00 bits per heavy atom. The number of nitrogens with zero attached hydrogens (tertiary/aromatic N) is 2. The van der Waals surface area contributed by atoms with Gasteiger partial charge >= 0.3 is 5.97 Å². The zero-order valence-corrected chi connectivity index (χ0v) is 13.2. The molecular formula is C18H14N2O2S. The molecule has 2 aromatic rings. The number of benzene rings is 1. The third kappa shape index (κ3) is 2.59. The molecule has 0 bridgehead atoms. The fourth-order valence-electron chi connectivity index (χ4n) is 2.57. The van der Waals surface area contributed by atoms with Gasteiger partial charge in [0.2, 0.25) is 0 Å². The summed E-state index contributed by atoms with van der Waals surface area (Å²) in [5.41, 5.74) is 1.89. The van der Waals surface area contributed by atoms with E-state index in [2.05, 4.69) is 9.98 Å². The minimum absolute atomic E-state index is 0.136. The molecule has 0 aliphatic carbocycles. The van der Waals surface area contributed by atoms with E-state index in [1.165, 1.54) is 12.3 Å². The van der Waals surface area contributed by atoms with Crippen LogP contribution in [0.15, 0.2) is 59.7 Å². The minimum Gasteiger partial charge on any atom is -0.478 e. The number of aromatic nitrogens is 1. The number of aromatic carboxylic acids is 1. The van der Waals surface area contributed by atoms with Gasteiger partial charge in [-0.1, -0.05) is 36.5 Å². The highest BCUT2D eigenvalue weighted by atomic mass is 32.1. The molecule has 1 aromatic heterocycles. The van der Waals surface area contributed by atoms with Crippen LogP contribution in [0.25, 0.3) is 0 Å². The van der Waals surface area contributed by atoms with Crippen molar-refractivity contribution in [1.29, 1.82) is 0 Å². The van der Waals surface area contributed by atoms with Crippen molar-refractivity contribution in [2.75, 3.05) is 0 Å². The van der Waals surface area contributed by atoms with Crippen molar-refractivity contribution in [3.63, 3.8) is 0 Å². The lowest BCUT2D eigenvalue weighted by molar-refractivity contribution is 0.0696. The first-order valence-corrected chi connectivity index (χ1v) is 7.49. The van der Waals surface area contributed by atoms with E-state index in [1.54, 1.807) is 12.3 Å². The monoisotopic (exact) mass is 322 g/mol. The number of aryl methyl sites for hydroxylation is 1. The van der Waals surface area contributed by atoms with E-state index in [9.17, 15) is 4.79 Å². The molecule has 0 spiro atoms. The maximum atomic E-state index is 11.0. The normalized spacial score (nSPS) is 19.0. The molecule has 23 heavy (non-hydrogen) atoms. The Morgan fingerprint density at radius 1 is 1.22 bits per heavy atom. The van der Waals surface area contributed by atoms with Gasteiger partial charge < -0.3 is 5.11 Å². The summed E-state index contributed by atoms with van der Waals surface area (Å²) in [6, 6.07) is 11.1. The van der Waals surface area contributed by atoms with Crippen molar-refractivity contribution < 1.29 is 9.90 Å². The minimum atomic E-state index is -1.01. The first-order chi connectivity index (χ1) is 11.0. The highest BCUT2D eigenvalue weighted by Crippen LogP contribution is 2.34. The molecule has 1 unspecified atom stereocenters. The Labute approximate surface area is 139 Å². The van der Waals surface area contributed by atoms with Gasteiger partial charge in [-0.05, 0) is 42.3 Å². The summed E-state index contributed by atoms with van der Waals surface area (Å²) < 4.78 is 0. The predicted molar refractivity (Wildman–Crippen MR) is 93.4 cm³/mol. The smallest absolute Gasteiger partial charge is 0.337 e. The van der Waals surface area contributed by atoms with Crippen LogP contribution in [-0.2, 0) is 5.54 Å². The molecule has 3 rings (SSSR count). The molecule has 0 amide bonds. The van der Waals surface area contributed by atoms with E-state index >= 15 is 0 Å². The highest BCUT2D eigenvalue weighted by Gasteiger charge is 2.37. The van der Waals surface area contributed by atoms with Crippen LogP contribution in [-0.4, -0.2) is 27.1 Å². The maximum Gasteiger partial charge on any atom is 0.337 e. The predicted octanol–water partition coefficient (Wildman–Crippen LogP) is 3.34. The van der Waals surface area contributed by atoms with E-state index in [1.807, 2.05) is 43.3 Å². The second-order valence-corrected chi connectivity index (χ2v) is 5.69. The van der Waals surface area contributed by atoms with Crippen molar-refractivity contribution in [2.45, 2.75) is 12.5 Å². The van der Waals surface area contributed by atoms with Gasteiger partial charge in [0.1, 0.15) is 0 Å². The molecule has 1 aromatic carbocycles. The molecule has 1 aliphatic heterocycles. The van der Waals surface area contributed by atoms with E-state index in [4.69, 9.17) is 17.3 Å². The summed E-state index contributed by atoms with van der Waals surface area (Å²) in [5, 5.41) is 9.02. The fraction of sp³-hybridized carbons (Fsp3) is 0.111. The number of hydrogen-bond acceptors (Lipinski definition) is 4. The van der Waals surface area contributed by atoms with Gasteiger partial charge in [0.05, 0.1) is 16.1 Å². The largest absolute Gasteiger partial charge is 0.478 e. The fourth-order valence-corrected chi connectivity index (χ4v) is 3.02. The van der Waals surface area contributed by atoms with E-state index in [0.717, 1.165) is 11.1 Å². The van der Waals surface area contributed by atoms with Crippen LogP contribution < -0.4 is 0 Å². The van der Waals surface area contributed by atoms with Crippen LogP contribution in [0.5, 0.6) is 0 Å². The van der Waals surface area contributed by atoms with Crippen LogP contribution in [0.2, 0.25) is 0 Å². The SMILES string of the molecule is Cc1ccccc1C(=S)C1(c2ccc(C(=O)O)cn2)C=CC=N1. The van der Waals surface area contributed by atoms with Crippen molar-refractivity contribution in [1.82, 2.24) is 4.98 Å². The number of carbonyl (C=O) groups is 1. The summed E-state index contributed by atoms with van der Waals surface area (Å²) in [7, 11) is 0. The molecule has 0 saturated carbocycles. The Balaban J connectivity index is 2.09. The standard InChI is InChI=1S/C18H14N2O2S/c1-12-5-2-3-6-14(12)16(23)18(9-4-10-20-18)15-8-7-13(11-19-15)17(21)22/h2-11H,1H3,(H,21,22). The third-order valence-corrected chi connectivity index (χ3v) is 4.37. The Bertz CT molecular complexity index is 826. The van der Waals surface area contributed by atoms with Gasteiger partial charge in [-0.3, -0.25) is 9.98 Å². The van der Waals surface area contributed by atoms with Crippen LogP contribution in [0.4, 0.5) is 0 Å². The average Bonchev–Trinajstić information content (AvgIpc) is 3.06. The quantitative estimate of drug-likeness (QED) is 0.693. The number of rotatable bonds is 4. The van der Waals surface area contributed by atoms with Gasteiger partial charge in [0.25, 0.3) is 0 Å². The molecule has 1 atom stereocenters. The lowest BCUT2D eigenvalue weighted by atomic mass is 9.86. The number of carboxylic acids is 1. The lowest BCUT2D eigenvalue weighted by Crippen LogP contribution is -2.31. The molecule has 2 heterocycles. The number of aliphatic imine (C=N–C) groups is 1. The Kier molecular flexibility index (Phi) is 3.88. The summed E-state index contributed by atoms with van der Waals surface area (Å²) in [5.74, 6) is -1.01. The summed E-state index contributed by atoms with van der Waals surface area (Å²) in [6.45, 7) is 2.00. The maximum absolute atomic E-state index is 11.0. The van der Waals surface area contributed by atoms with Crippen molar-refractivity contribution in [2.24, 2.45) is 4.99 Å². The first kappa shape index (κ1) is 15.2.